The Morgan fingerprint density at radius 1 is 1.30 bits per heavy atom. The fraction of sp³-hybridized carbons (Fsp3) is 0.421. The number of methoxy groups -OCH3 is 1. The third kappa shape index (κ3) is 4.76. The molecule has 2 aromatic rings. The molecule has 5 nitrogen and oxygen atoms in total. The molecule has 8 heteroatoms. The van der Waals surface area contributed by atoms with Crippen molar-refractivity contribution in [3.8, 4) is 0 Å². The monoisotopic (exact) mass is 428 g/mol. The standard InChI is InChI=1S/C19H24N4OS.2ClH/c1-13-11-15-18(23-9-8-20-14(12-23)7-10-24-2)21-16-5-3-4-6-17(16)22-19(15)25-13;;/h3-6,11,14,20,22H,7-10,12H2,1-2H3;2*1H/t14-;;/m0../s1. The number of rotatable bonds is 3. The van der Waals surface area contributed by atoms with Crippen LogP contribution in [0, 0.1) is 6.92 Å². The van der Waals surface area contributed by atoms with E-state index in [1.807, 2.05) is 6.07 Å². The highest BCUT2D eigenvalue weighted by atomic mass is 35.5. The molecule has 0 amide bonds. The number of thiophene rings is 1. The lowest BCUT2D eigenvalue weighted by Crippen LogP contribution is -2.53. The van der Waals surface area contributed by atoms with Crippen LogP contribution in [0.25, 0.3) is 0 Å². The first kappa shape index (κ1) is 22.0. The van der Waals surface area contributed by atoms with Crippen LogP contribution in [-0.2, 0) is 4.74 Å². The molecule has 0 aliphatic carbocycles. The van der Waals surface area contributed by atoms with Gasteiger partial charge in [0.15, 0.2) is 0 Å². The summed E-state index contributed by atoms with van der Waals surface area (Å²) in [5.41, 5.74) is 3.29. The highest BCUT2D eigenvalue weighted by molar-refractivity contribution is 7.16. The van der Waals surface area contributed by atoms with Gasteiger partial charge < -0.3 is 20.3 Å². The third-order valence-electron chi connectivity index (χ3n) is 4.70. The third-order valence-corrected chi connectivity index (χ3v) is 5.67. The van der Waals surface area contributed by atoms with E-state index in [1.54, 1.807) is 18.4 Å². The highest BCUT2D eigenvalue weighted by Crippen LogP contribution is 2.39. The van der Waals surface area contributed by atoms with E-state index >= 15 is 0 Å². The smallest absolute Gasteiger partial charge is 0.139 e. The van der Waals surface area contributed by atoms with E-state index in [9.17, 15) is 0 Å². The summed E-state index contributed by atoms with van der Waals surface area (Å²) in [6.07, 6.45) is 1.02. The molecule has 27 heavy (non-hydrogen) atoms. The molecule has 1 atom stereocenters. The Bertz CT molecular complexity index is 796. The Morgan fingerprint density at radius 3 is 2.93 bits per heavy atom. The SMILES string of the molecule is COCC[C@H]1CN(C2=Nc3ccccc3Nc3sc(C)cc32)CCN1.Cl.Cl. The van der Waals surface area contributed by atoms with Gasteiger partial charge in [-0.1, -0.05) is 12.1 Å². The molecule has 2 N–H and O–H groups in total. The summed E-state index contributed by atoms with van der Waals surface area (Å²) in [6.45, 7) is 5.84. The van der Waals surface area contributed by atoms with Crippen molar-refractivity contribution >= 4 is 58.4 Å². The number of hydrogen-bond acceptors (Lipinski definition) is 6. The van der Waals surface area contributed by atoms with E-state index in [0.29, 0.717) is 6.04 Å². The number of amidine groups is 1. The van der Waals surface area contributed by atoms with Crippen molar-refractivity contribution in [2.75, 3.05) is 38.7 Å². The quantitative estimate of drug-likeness (QED) is 0.762. The Kier molecular flexibility index (Phi) is 7.94. The van der Waals surface area contributed by atoms with Crippen molar-refractivity contribution in [2.45, 2.75) is 19.4 Å². The summed E-state index contributed by atoms with van der Waals surface area (Å²) in [6, 6.07) is 11.0. The minimum absolute atomic E-state index is 0. The highest BCUT2D eigenvalue weighted by Gasteiger charge is 2.27. The number of nitrogens with zero attached hydrogens (tertiary/aromatic N) is 2. The molecular weight excluding hydrogens is 403 g/mol. The van der Waals surface area contributed by atoms with E-state index in [4.69, 9.17) is 9.73 Å². The number of aryl methyl sites for hydroxylation is 1. The fourth-order valence-electron chi connectivity index (χ4n) is 3.46. The van der Waals surface area contributed by atoms with Crippen LogP contribution in [0.3, 0.4) is 0 Å². The minimum Gasteiger partial charge on any atom is -0.385 e. The summed E-state index contributed by atoms with van der Waals surface area (Å²) >= 11 is 1.80. The second-order valence-electron chi connectivity index (χ2n) is 6.56. The molecule has 0 radical (unpaired) electrons. The maximum Gasteiger partial charge on any atom is 0.139 e. The first-order chi connectivity index (χ1) is 12.2. The number of fused-ring (bicyclic) bond motifs is 2. The Balaban J connectivity index is 0.00000131. The van der Waals surface area contributed by atoms with Crippen LogP contribution in [-0.4, -0.2) is 50.1 Å². The predicted molar refractivity (Wildman–Crippen MR) is 119 cm³/mol. The average Bonchev–Trinajstić information content (AvgIpc) is 2.91. The van der Waals surface area contributed by atoms with Crippen LogP contribution < -0.4 is 10.6 Å². The molecule has 0 saturated carbocycles. The van der Waals surface area contributed by atoms with Gasteiger partial charge in [-0.2, -0.15) is 0 Å². The second kappa shape index (κ2) is 9.75. The molecule has 0 spiro atoms. The molecule has 1 saturated heterocycles. The van der Waals surface area contributed by atoms with Crippen molar-refractivity contribution in [1.29, 1.82) is 0 Å². The lowest BCUT2D eigenvalue weighted by Gasteiger charge is -2.35. The van der Waals surface area contributed by atoms with Gasteiger partial charge in [0.05, 0.1) is 16.9 Å². The van der Waals surface area contributed by atoms with Gasteiger partial charge in [0.1, 0.15) is 10.8 Å². The summed E-state index contributed by atoms with van der Waals surface area (Å²) in [5, 5.41) is 8.37. The number of benzene rings is 1. The van der Waals surface area contributed by atoms with Gasteiger partial charge in [0.25, 0.3) is 0 Å². The van der Waals surface area contributed by atoms with Crippen molar-refractivity contribution in [3.05, 3.63) is 40.8 Å². The van der Waals surface area contributed by atoms with E-state index in [-0.39, 0.29) is 24.8 Å². The number of para-hydroxylation sites is 2. The fourth-order valence-corrected chi connectivity index (χ4v) is 4.38. The second-order valence-corrected chi connectivity index (χ2v) is 7.81. The molecule has 1 aromatic carbocycles. The Morgan fingerprint density at radius 2 is 2.11 bits per heavy atom. The van der Waals surface area contributed by atoms with Gasteiger partial charge in [0, 0.05) is 44.3 Å². The molecule has 1 fully saturated rings. The number of hydrogen-bond donors (Lipinski definition) is 2. The maximum atomic E-state index is 5.25. The average molecular weight is 429 g/mol. The molecule has 1 aromatic heterocycles. The van der Waals surface area contributed by atoms with Crippen molar-refractivity contribution in [2.24, 2.45) is 4.99 Å². The first-order valence-corrected chi connectivity index (χ1v) is 9.59. The zero-order chi connectivity index (χ0) is 17.2. The Hall–Kier alpha value is -1.31. The van der Waals surface area contributed by atoms with Crippen LogP contribution in [0.1, 0.15) is 16.9 Å². The number of anilines is 2. The van der Waals surface area contributed by atoms with Crippen LogP contribution in [0.15, 0.2) is 35.3 Å². The largest absolute Gasteiger partial charge is 0.385 e. The number of aliphatic imine (C=N–C) groups is 1. The van der Waals surface area contributed by atoms with Gasteiger partial charge >= 0.3 is 0 Å². The summed E-state index contributed by atoms with van der Waals surface area (Å²) in [4.78, 5) is 8.78. The molecule has 148 valence electrons. The zero-order valence-electron chi connectivity index (χ0n) is 15.5. The van der Waals surface area contributed by atoms with Crippen molar-refractivity contribution < 1.29 is 4.74 Å². The number of nitrogens with one attached hydrogen (secondary N) is 2. The zero-order valence-corrected chi connectivity index (χ0v) is 18.0. The summed E-state index contributed by atoms with van der Waals surface area (Å²) in [5.74, 6) is 1.08. The van der Waals surface area contributed by atoms with E-state index in [0.717, 1.165) is 49.9 Å². The van der Waals surface area contributed by atoms with Crippen LogP contribution >= 0.6 is 36.2 Å². The molecule has 0 unspecified atom stereocenters. The van der Waals surface area contributed by atoms with Gasteiger partial charge in [-0.15, -0.1) is 36.2 Å². The van der Waals surface area contributed by atoms with E-state index in [1.165, 1.54) is 15.4 Å². The number of piperazine rings is 1. The summed E-state index contributed by atoms with van der Waals surface area (Å²) < 4.78 is 5.25. The van der Waals surface area contributed by atoms with Crippen LogP contribution in [0.2, 0.25) is 0 Å². The van der Waals surface area contributed by atoms with Gasteiger partial charge in [-0.25, -0.2) is 4.99 Å². The molecule has 0 bridgehead atoms. The molecular formula is C19H26Cl2N4OS. The first-order valence-electron chi connectivity index (χ1n) is 8.77. The predicted octanol–water partition coefficient (Wildman–Crippen LogP) is 4.35. The molecule has 4 rings (SSSR count). The minimum atomic E-state index is 0. The molecule has 2 aliphatic rings. The summed E-state index contributed by atoms with van der Waals surface area (Å²) in [7, 11) is 1.76. The Labute approximate surface area is 177 Å². The molecule has 3 heterocycles. The number of halogens is 2. The van der Waals surface area contributed by atoms with Gasteiger partial charge in [-0.3, -0.25) is 0 Å². The maximum absolute atomic E-state index is 5.25. The van der Waals surface area contributed by atoms with Crippen LogP contribution in [0.5, 0.6) is 0 Å². The van der Waals surface area contributed by atoms with E-state index in [2.05, 4.69) is 46.7 Å². The normalized spacial score (nSPS) is 18.1. The topological polar surface area (TPSA) is 48.9 Å². The lowest BCUT2D eigenvalue weighted by atomic mass is 10.1. The van der Waals surface area contributed by atoms with Gasteiger partial charge in [-0.05, 0) is 31.5 Å². The van der Waals surface area contributed by atoms with Crippen LogP contribution in [0.4, 0.5) is 16.4 Å². The number of ether oxygens (including phenoxy) is 1. The molecule has 2 aliphatic heterocycles. The lowest BCUT2D eigenvalue weighted by molar-refractivity contribution is 0.168. The van der Waals surface area contributed by atoms with Crippen molar-refractivity contribution in [1.82, 2.24) is 10.2 Å². The van der Waals surface area contributed by atoms with E-state index < -0.39 is 0 Å². The van der Waals surface area contributed by atoms with Gasteiger partial charge in [0.2, 0.25) is 0 Å². The van der Waals surface area contributed by atoms with Crippen molar-refractivity contribution in [3.63, 3.8) is 0 Å².